The van der Waals surface area contributed by atoms with E-state index in [0.717, 1.165) is 11.8 Å². The molecule has 0 heterocycles. The highest BCUT2D eigenvalue weighted by atomic mass is 32.2. The molecule has 1 N–H and O–H groups in total. The van der Waals surface area contributed by atoms with Crippen molar-refractivity contribution < 1.29 is 18.3 Å². The number of ether oxygens (including phenoxy) is 1. The summed E-state index contributed by atoms with van der Waals surface area (Å²) in [6, 6.07) is 5.16. The minimum atomic E-state index is -3.36. The molecule has 0 saturated carbocycles. The maximum absolute atomic E-state index is 11.7. The lowest BCUT2D eigenvalue weighted by Gasteiger charge is -2.29. The summed E-state index contributed by atoms with van der Waals surface area (Å²) in [5.41, 5.74) is 1.43. The predicted molar refractivity (Wildman–Crippen MR) is 71.6 cm³/mol. The summed E-state index contributed by atoms with van der Waals surface area (Å²) >= 11 is 0. The predicted octanol–water partition coefficient (Wildman–Crippen LogP) is 1.86. The van der Waals surface area contributed by atoms with E-state index in [9.17, 15) is 13.5 Å². The van der Waals surface area contributed by atoms with Gasteiger partial charge in [-0.25, -0.2) is 8.42 Å². The molecule has 102 valence electrons. The third-order valence-corrected chi connectivity index (χ3v) is 5.48. The van der Waals surface area contributed by atoms with E-state index in [2.05, 4.69) is 0 Å². The molecule has 4 nitrogen and oxygen atoms in total. The van der Waals surface area contributed by atoms with Crippen molar-refractivity contribution in [3.05, 3.63) is 29.3 Å². The first-order valence-electron chi connectivity index (χ1n) is 5.63. The van der Waals surface area contributed by atoms with E-state index in [1.807, 2.05) is 6.92 Å². The molecule has 0 aromatic heterocycles. The lowest BCUT2D eigenvalue weighted by Crippen LogP contribution is -2.37. The van der Waals surface area contributed by atoms with Crippen LogP contribution in [0.5, 0.6) is 5.75 Å². The molecule has 5 heteroatoms. The van der Waals surface area contributed by atoms with Gasteiger partial charge in [-0.1, -0.05) is 6.07 Å². The maximum Gasteiger partial charge on any atom is 0.155 e. The molecule has 18 heavy (non-hydrogen) atoms. The van der Waals surface area contributed by atoms with Crippen LogP contribution in [0, 0.1) is 6.92 Å². The van der Waals surface area contributed by atoms with Gasteiger partial charge in [-0.15, -0.1) is 0 Å². The van der Waals surface area contributed by atoms with Gasteiger partial charge in [-0.2, -0.15) is 0 Å². The van der Waals surface area contributed by atoms with Crippen molar-refractivity contribution in [3.8, 4) is 5.75 Å². The molecule has 1 atom stereocenters. The highest BCUT2D eigenvalue weighted by Crippen LogP contribution is 2.33. The van der Waals surface area contributed by atoms with E-state index in [1.54, 1.807) is 25.3 Å². The molecular formula is C13H20O4S. The van der Waals surface area contributed by atoms with Gasteiger partial charge in [-0.3, -0.25) is 0 Å². The van der Waals surface area contributed by atoms with E-state index in [0.29, 0.717) is 11.3 Å². The van der Waals surface area contributed by atoms with E-state index in [1.165, 1.54) is 13.8 Å². The Morgan fingerprint density at radius 1 is 1.33 bits per heavy atom. The number of hydrogen-bond donors (Lipinski definition) is 1. The van der Waals surface area contributed by atoms with Gasteiger partial charge in [0, 0.05) is 6.26 Å². The fraction of sp³-hybridized carbons (Fsp3) is 0.538. The molecule has 0 spiro atoms. The summed E-state index contributed by atoms with van der Waals surface area (Å²) in [7, 11) is -1.79. The molecule has 0 aliphatic carbocycles. The number of benzene rings is 1. The summed E-state index contributed by atoms with van der Waals surface area (Å²) in [4.78, 5) is 0. The number of aliphatic hydroxyl groups is 1. The SMILES string of the molecule is COc1ccc(C(O)C(C)(C)S(C)(=O)=O)cc1C. The Morgan fingerprint density at radius 2 is 1.89 bits per heavy atom. The fourth-order valence-electron chi connectivity index (χ4n) is 1.68. The molecule has 0 saturated heterocycles. The molecule has 0 radical (unpaired) electrons. The smallest absolute Gasteiger partial charge is 0.155 e. The van der Waals surface area contributed by atoms with Crippen LogP contribution in [0.3, 0.4) is 0 Å². The second kappa shape index (κ2) is 4.90. The number of methoxy groups -OCH3 is 1. The average Bonchev–Trinajstić information content (AvgIpc) is 2.26. The summed E-state index contributed by atoms with van der Waals surface area (Å²) < 4.78 is 27.3. The van der Waals surface area contributed by atoms with Gasteiger partial charge in [0.25, 0.3) is 0 Å². The van der Waals surface area contributed by atoms with Crippen molar-refractivity contribution >= 4 is 9.84 Å². The Hall–Kier alpha value is -1.07. The monoisotopic (exact) mass is 272 g/mol. The summed E-state index contributed by atoms with van der Waals surface area (Å²) in [5, 5.41) is 10.3. The molecule has 1 aromatic rings. The first-order chi connectivity index (χ1) is 8.11. The Morgan fingerprint density at radius 3 is 2.28 bits per heavy atom. The molecule has 0 fully saturated rings. The van der Waals surface area contributed by atoms with E-state index in [-0.39, 0.29) is 0 Å². The first-order valence-corrected chi connectivity index (χ1v) is 7.52. The van der Waals surface area contributed by atoms with Crippen molar-refractivity contribution in [2.45, 2.75) is 31.6 Å². The number of aryl methyl sites for hydroxylation is 1. The van der Waals surface area contributed by atoms with Gasteiger partial charge in [-0.05, 0) is 44.0 Å². The Bertz CT molecular complexity index is 532. The fourth-order valence-corrected chi connectivity index (χ4v) is 2.22. The van der Waals surface area contributed by atoms with Crippen LogP contribution in [-0.2, 0) is 9.84 Å². The molecule has 0 amide bonds. The summed E-state index contributed by atoms with van der Waals surface area (Å²) in [5.74, 6) is 0.711. The number of sulfone groups is 1. The highest BCUT2D eigenvalue weighted by Gasteiger charge is 2.39. The van der Waals surface area contributed by atoms with Crippen molar-refractivity contribution in [2.24, 2.45) is 0 Å². The Kier molecular flexibility index (Phi) is 4.08. The largest absolute Gasteiger partial charge is 0.496 e. The minimum absolute atomic E-state index is 0.573. The third-order valence-electron chi connectivity index (χ3n) is 3.35. The van der Waals surface area contributed by atoms with Crippen LogP contribution in [0.15, 0.2) is 18.2 Å². The van der Waals surface area contributed by atoms with Crippen molar-refractivity contribution in [1.82, 2.24) is 0 Å². The van der Waals surface area contributed by atoms with E-state index >= 15 is 0 Å². The van der Waals surface area contributed by atoms with Crippen LogP contribution in [0.25, 0.3) is 0 Å². The van der Waals surface area contributed by atoms with Crippen molar-refractivity contribution in [1.29, 1.82) is 0 Å². The Labute approximate surface area is 109 Å². The van der Waals surface area contributed by atoms with Gasteiger partial charge in [0.1, 0.15) is 5.75 Å². The zero-order valence-corrected chi connectivity index (χ0v) is 12.2. The maximum atomic E-state index is 11.7. The number of rotatable bonds is 4. The van der Waals surface area contributed by atoms with Gasteiger partial charge in [0.05, 0.1) is 18.0 Å². The zero-order chi connectivity index (χ0) is 14.1. The van der Waals surface area contributed by atoms with Crippen LogP contribution in [0.1, 0.15) is 31.1 Å². The molecule has 1 aromatic carbocycles. The molecule has 1 rings (SSSR count). The van der Waals surface area contributed by atoms with Crippen LogP contribution < -0.4 is 4.74 Å². The highest BCUT2D eigenvalue weighted by molar-refractivity contribution is 7.92. The second-order valence-electron chi connectivity index (χ2n) is 5.01. The summed E-state index contributed by atoms with van der Waals surface area (Å²) in [6.07, 6.45) is 0.0594. The normalized spacial score (nSPS) is 14.3. The molecule has 0 bridgehead atoms. The van der Waals surface area contributed by atoms with Crippen LogP contribution in [0.2, 0.25) is 0 Å². The van der Waals surface area contributed by atoms with E-state index < -0.39 is 20.7 Å². The van der Waals surface area contributed by atoms with Crippen LogP contribution >= 0.6 is 0 Å². The second-order valence-corrected chi connectivity index (χ2v) is 7.60. The zero-order valence-electron chi connectivity index (χ0n) is 11.4. The molecule has 0 aliphatic rings. The van der Waals surface area contributed by atoms with Crippen LogP contribution in [-0.4, -0.2) is 31.6 Å². The standard InChI is InChI=1S/C13H20O4S/c1-9-8-10(6-7-11(9)17-4)12(14)13(2,3)18(5,15)16/h6-8,12,14H,1-5H3. The van der Waals surface area contributed by atoms with Gasteiger partial charge < -0.3 is 9.84 Å². The third kappa shape index (κ3) is 2.67. The lowest BCUT2D eigenvalue weighted by atomic mass is 9.96. The van der Waals surface area contributed by atoms with Crippen molar-refractivity contribution in [2.75, 3.05) is 13.4 Å². The topological polar surface area (TPSA) is 63.6 Å². The van der Waals surface area contributed by atoms with Crippen molar-refractivity contribution in [3.63, 3.8) is 0 Å². The minimum Gasteiger partial charge on any atom is -0.496 e. The van der Waals surface area contributed by atoms with Crippen LogP contribution in [0.4, 0.5) is 0 Å². The number of aliphatic hydroxyl groups excluding tert-OH is 1. The van der Waals surface area contributed by atoms with Gasteiger partial charge in [0.15, 0.2) is 9.84 Å². The number of hydrogen-bond acceptors (Lipinski definition) is 4. The van der Waals surface area contributed by atoms with Gasteiger partial charge >= 0.3 is 0 Å². The lowest BCUT2D eigenvalue weighted by molar-refractivity contribution is 0.139. The molecule has 0 aliphatic heterocycles. The average molecular weight is 272 g/mol. The molecule has 1 unspecified atom stereocenters. The van der Waals surface area contributed by atoms with E-state index in [4.69, 9.17) is 4.74 Å². The molecular weight excluding hydrogens is 252 g/mol. The Balaban J connectivity index is 3.20. The van der Waals surface area contributed by atoms with Gasteiger partial charge in [0.2, 0.25) is 0 Å². The summed E-state index contributed by atoms with van der Waals surface area (Å²) in [6.45, 7) is 4.89. The first kappa shape index (κ1) is 15.0. The quantitative estimate of drug-likeness (QED) is 0.908.